The molecule has 3 heterocycles. The Morgan fingerprint density at radius 3 is 1.94 bits per heavy atom. The first-order valence-corrected chi connectivity index (χ1v) is 19.3. The third kappa shape index (κ3) is 7.17. The number of aromatic nitrogens is 4. The fourth-order valence-electron chi connectivity index (χ4n) is 6.76. The minimum atomic E-state index is -1.82. The number of ether oxygens (including phenoxy) is 1. The smallest absolute Gasteiger partial charge is 0.239 e. The average molecular weight is 978 g/mol. The Hall–Kier alpha value is -2.56. The van der Waals surface area contributed by atoms with Gasteiger partial charge in [0.2, 0.25) is 5.79 Å². The number of rotatable bonds is 10. The zero-order valence-corrected chi connectivity index (χ0v) is 33.7. The van der Waals surface area contributed by atoms with Crippen LogP contribution in [0.1, 0.15) is 76.1 Å². The van der Waals surface area contributed by atoms with E-state index in [1.165, 1.54) is 0 Å². The molecule has 248 valence electrons. The number of hydrogen-bond donors (Lipinski definition) is 1. The van der Waals surface area contributed by atoms with Crippen LogP contribution in [0.3, 0.4) is 0 Å². The van der Waals surface area contributed by atoms with Crippen molar-refractivity contribution in [3.63, 3.8) is 0 Å². The van der Waals surface area contributed by atoms with Crippen LogP contribution in [0.5, 0.6) is 0 Å². The summed E-state index contributed by atoms with van der Waals surface area (Å²) in [6.45, 7) is 9.51. The lowest BCUT2D eigenvalue weighted by atomic mass is 9.66. The third-order valence-electron chi connectivity index (χ3n) is 9.20. The first-order chi connectivity index (χ1) is 23.0. The second kappa shape index (κ2) is 14.7. The summed E-state index contributed by atoms with van der Waals surface area (Å²) in [5.41, 5.74) is 5.74. The molecule has 0 amide bonds. The van der Waals surface area contributed by atoms with Gasteiger partial charge in [0.15, 0.2) is 5.78 Å². The van der Waals surface area contributed by atoms with Crippen molar-refractivity contribution in [2.45, 2.75) is 64.8 Å². The summed E-state index contributed by atoms with van der Waals surface area (Å²) < 4.78 is 13.9. The maximum atomic E-state index is 14.3. The highest BCUT2D eigenvalue weighted by Gasteiger charge is 2.54. The topological polar surface area (TPSA) is 82.2 Å². The van der Waals surface area contributed by atoms with Gasteiger partial charge in [-0.2, -0.15) is 10.2 Å². The molecule has 10 heteroatoms. The fourth-order valence-corrected chi connectivity index (χ4v) is 7.84. The highest BCUT2D eigenvalue weighted by molar-refractivity contribution is 14.1. The number of nitrogens with zero attached hydrogens (tertiary/aromatic N) is 4. The predicted molar refractivity (Wildman–Crippen MR) is 214 cm³/mol. The first kappa shape index (κ1) is 35.3. The van der Waals surface area contributed by atoms with E-state index < -0.39 is 17.6 Å². The van der Waals surface area contributed by atoms with Crippen molar-refractivity contribution in [2.75, 3.05) is 0 Å². The van der Waals surface area contributed by atoms with Gasteiger partial charge in [0, 0.05) is 82.6 Å². The number of ketones is 1. The Bertz CT molecular complexity index is 1950. The van der Waals surface area contributed by atoms with Crippen molar-refractivity contribution >= 4 is 79.3 Å². The Labute approximate surface area is 322 Å². The van der Waals surface area contributed by atoms with Crippen molar-refractivity contribution in [2.24, 2.45) is 5.92 Å². The summed E-state index contributed by atoms with van der Waals surface area (Å²) in [7, 11) is 0. The Kier molecular flexibility index (Phi) is 10.8. The molecule has 0 aliphatic carbocycles. The van der Waals surface area contributed by atoms with Crippen molar-refractivity contribution in [3.8, 4) is 0 Å². The van der Waals surface area contributed by atoms with Crippen LogP contribution in [0.4, 0.5) is 0 Å². The summed E-state index contributed by atoms with van der Waals surface area (Å²) in [6, 6.07) is 23.6. The van der Waals surface area contributed by atoms with Crippen LogP contribution in [-0.4, -0.2) is 30.5 Å². The van der Waals surface area contributed by atoms with Gasteiger partial charge in [-0.25, -0.2) is 0 Å². The van der Waals surface area contributed by atoms with Gasteiger partial charge in [0.1, 0.15) is 5.76 Å². The van der Waals surface area contributed by atoms with E-state index in [1.54, 1.807) is 0 Å². The zero-order chi connectivity index (χ0) is 34.2. The van der Waals surface area contributed by atoms with Crippen LogP contribution in [0.25, 0.3) is 5.76 Å². The van der Waals surface area contributed by atoms with Gasteiger partial charge in [-0.3, -0.25) is 14.2 Å². The Balaban J connectivity index is 1.63. The van der Waals surface area contributed by atoms with Crippen LogP contribution in [0.2, 0.25) is 0 Å². The minimum absolute atomic E-state index is 0.00264. The molecule has 0 bridgehead atoms. The van der Waals surface area contributed by atoms with Gasteiger partial charge in [0.05, 0.1) is 11.4 Å². The molecule has 0 saturated heterocycles. The van der Waals surface area contributed by atoms with Gasteiger partial charge in [-0.05, 0) is 144 Å². The van der Waals surface area contributed by atoms with Crippen LogP contribution in [0, 0.1) is 30.5 Å². The number of aliphatic hydroxyl groups is 1. The van der Waals surface area contributed by atoms with Crippen molar-refractivity contribution in [3.05, 3.63) is 141 Å². The maximum absolute atomic E-state index is 14.3. The van der Waals surface area contributed by atoms with E-state index >= 15 is 0 Å². The van der Waals surface area contributed by atoms with E-state index in [0.717, 1.165) is 38.8 Å². The maximum Gasteiger partial charge on any atom is 0.239 e. The second-order valence-electron chi connectivity index (χ2n) is 12.2. The lowest BCUT2D eigenvalue weighted by Gasteiger charge is -2.47. The lowest BCUT2D eigenvalue weighted by molar-refractivity contribution is -0.221. The minimum Gasteiger partial charge on any atom is -0.458 e. The second-order valence-corrected chi connectivity index (χ2v) is 15.9. The molecule has 0 spiro atoms. The number of carbonyl (C=O) groups is 1. The van der Waals surface area contributed by atoms with Gasteiger partial charge < -0.3 is 9.84 Å². The highest BCUT2D eigenvalue weighted by Crippen LogP contribution is 2.55. The molecule has 7 nitrogen and oxygen atoms in total. The Morgan fingerprint density at radius 1 is 0.833 bits per heavy atom. The lowest BCUT2D eigenvalue weighted by Crippen LogP contribution is -2.46. The van der Waals surface area contributed by atoms with Crippen LogP contribution in [-0.2, 0) is 23.6 Å². The third-order valence-corrected chi connectivity index (χ3v) is 11.4. The average Bonchev–Trinajstić information content (AvgIpc) is 3.65. The van der Waals surface area contributed by atoms with Crippen molar-refractivity contribution in [1.82, 2.24) is 19.6 Å². The van der Waals surface area contributed by atoms with Gasteiger partial charge in [-0.1, -0.05) is 36.4 Å². The quantitative estimate of drug-likeness (QED) is 0.112. The number of Topliss-reactive ketones (excluding diaryl/α,β-unsaturated/α-hetero) is 1. The molecule has 1 aliphatic rings. The summed E-state index contributed by atoms with van der Waals surface area (Å²) in [5, 5.41) is 23.0. The van der Waals surface area contributed by atoms with E-state index in [1.807, 2.05) is 102 Å². The molecule has 4 atom stereocenters. The number of halogens is 3. The molecule has 0 fully saturated rings. The molecule has 0 radical (unpaired) electrons. The van der Waals surface area contributed by atoms with E-state index in [4.69, 9.17) is 14.9 Å². The molecule has 1 N–H and O–H groups in total. The molecule has 5 aromatic rings. The standard InChI is InChI=1S/C38H37I3N4O3/c1-5-44-21-33(23(3)42-44)31(19-35(46)25-7-13-28(39)14-8-25)37-32(34-22-45(6-2)43-24(34)4)20-36(26-9-15-29(40)16-10-26)48-38(37,47)27-11-17-30(41)18-12-27/h7-18,20-22,31-32,37,47H,5-6,19H2,1-4H3/t31-,32+,37+,38-/m0/s1. The van der Waals surface area contributed by atoms with Gasteiger partial charge >= 0.3 is 0 Å². The molecule has 2 aromatic heterocycles. The first-order valence-electron chi connectivity index (χ1n) is 16.0. The van der Waals surface area contributed by atoms with E-state index in [9.17, 15) is 9.90 Å². The molecular formula is C38H37I3N4O3. The molecule has 1 aliphatic heterocycles. The van der Waals surface area contributed by atoms with Crippen LogP contribution < -0.4 is 0 Å². The molecule has 0 unspecified atom stereocenters. The number of allylic oxidation sites excluding steroid dienone is 1. The van der Waals surface area contributed by atoms with E-state index in [-0.39, 0.29) is 18.1 Å². The van der Waals surface area contributed by atoms with Crippen LogP contribution in [0.15, 0.2) is 91.3 Å². The number of benzene rings is 3. The van der Waals surface area contributed by atoms with E-state index in [2.05, 4.69) is 93.9 Å². The van der Waals surface area contributed by atoms with Gasteiger partial charge in [0.25, 0.3) is 0 Å². The normalized spacial score (nSPS) is 19.9. The summed E-state index contributed by atoms with van der Waals surface area (Å²) in [6.07, 6.45) is 6.39. The summed E-state index contributed by atoms with van der Waals surface area (Å²) in [4.78, 5) is 14.3. The zero-order valence-electron chi connectivity index (χ0n) is 27.2. The predicted octanol–water partition coefficient (Wildman–Crippen LogP) is 9.22. The molecule has 0 saturated carbocycles. The highest BCUT2D eigenvalue weighted by atomic mass is 127. The number of hydrogen-bond acceptors (Lipinski definition) is 5. The van der Waals surface area contributed by atoms with Crippen LogP contribution >= 0.6 is 67.8 Å². The van der Waals surface area contributed by atoms with Crippen molar-refractivity contribution < 1.29 is 14.6 Å². The molecule has 48 heavy (non-hydrogen) atoms. The molecule has 3 aromatic carbocycles. The largest absolute Gasteiger partial charge is 0.458 e. The SMILES string of the molecule is CCn1cc([C@H]2C=C(c3ccc(I)cc3)O[C@@](O)(c3ccc(I)cc3)[C@@H]2[C@@H](CC(=O)c2ccc(I)cc2)c2cn(CC)nc2C)c(C)n1. The fraction of sp³-hybridized carbons (Fsp3) is 0.289. The van der Waals surface area contributed by atoms with E-state index in [0.29, 0.717) is 30.0 Å². The summed E-state index contributed by atoms with van der Waals surface area (Å²) in [5.74, 6) is -2.69. The molecule has 6 rings (SSSR count). The van der Waals surface area contributed by atoms with Gasteiger partial charge in [-0.15, -0.1) is 0 Å². The van der Waals surface area contributed by atoms with Crippen molar-refractivity contribution in [1.29, 1.82) is 0 Å². The summed E-state index contributed by atoms with van der Waals surface area (Å²) >= 11 is 6.82. The monoisotopic (exact) mass is 978 g/mol. The molecular weight excluding hydrogens is 941 g/mol. The Morgan fingerprint density at radius 2 is 1.38 bits per heavy atom. The number of carbonyl (C=O) groups excluding carboxylic acids is 1. The number of aryl methyl sites for hydroxylation is 4.